The van der Waals surface area contributed by atoms with Crippen LogP contribution in [0.5, 0.6) is 5.75 Å². The molecule has 6 nitrogen and oxygen atoms in total. The van der Waals surface area contributed by atoms with Crippen LogP contribution >= 0.6 is 11.6 Å². The van der Waals surface area contributed by atoms with E-state index >= 15 is 0 Å². The van der Waals surface area contributed by atoms with Crippen LogP contribution in [0.15, 0.2) is 65.6 Å². The van der Waals surface area contributed by atoms with Crippen molar-refractivity contribution in [3.8, 4) is 5.75 Å². The first kappa shape index (κ1) is 29.9. The number of hydrogen-bond donors (Lipinski definition) is 0. The van der Waals surface area contributed by atoms with E-state index in [1.807, 2.05) is 25.1 Å². The summed E-state index contributed by atoms with van der Waals surface area (Å²) in [4.78, 5) is 15.5. The number of fused-ring (bicyclic) bond motifs is 3. The summed E-state index contributed by atoms with van der Waals surface area (Å²) in [5.74, 6) is 1.53. The number of aryl methyl sites for hydroxylation is 1. The fraction of sp³-hybridized carbons (Fsp3) is 0.485. The van der Waals surface area contributed by atoms with Gasteiger partial charge in [0.2, 0.25) is 0 Å². The zero-order valence-corrected chi connectivity index (χ0v) is 25.4. The third-order valence-electron chi connectivity index (χ3n) is 8.41. The molecule has 2 aromatic carbocycles. The number of anilines is 1. The number of amides is 1. The molecule has 1 saturated carbocycles. The van der Waals surface area contributed by atoms with E-state index in [0.29, 0.717) is 42.9 Å². The Morgan fingerprint density at radius 3 is 2.88 bits per heavy atom. The maximum atomic E-state index is 13.2. The van der Waals surface area contributed by atoms with Gasteiger partial charge in [0.05, 0.1) is 25.0 Å². The van der Waals surface area contributed by atoms with Gasteiger partial charge in [-0.15, -0.1) is 6.58 Å². The lowest BCUT2D eigenvalue weighted by atomic mass is 9.70. The highest BCUT2D eigenvalue weighted by atomic mass is 35.5. The van der Waals surface area contributed by atoms with E-state index in [4.69, 9.17) is 21.1 Å². The lowest BCUT2D eigenvalue weighted by molar-refractivity contribution is -0.00208. The minimum Gasteiger partial charge on any atom is -0.491 e. The summed E-state index contributed by atoms with van der Waals surface area (Å²) in [5.41, 5.74) is 3.77. The van der Waals surface area contributed by atoms with Gasteiger partial charge in [0.15, 0.2) is 0 Å². The molecule has 41 heavy (non-hydrogen) atoms. The predicted molar refractivity (Wildman–Crippen MR) is 166 cm³/mol. The molecule has 2 aliphatic heterocycles. The van der Waals surface area contributed by atoms with E-state index in [1.54, 1.807) is 12.1 Å². The van der Waals surface area contributed by atoms with Crippen molar-refractivity contribution in [1.82, 2.24) is 0 Å². The van der Waals surface area contributed by atoms with Crippen molar-refractivity contribution in [1.29, 1.82) is 0 Å². The van der Waals surface area contributed by atoms with E-state index in [9.17, 15) is 9.00 Å². The first-order valence-corrected chi connectivity index (χ1v) is 16.4. The Labute approximate surface area is 251 Å². The number of carbonyl (C=O) groups excluding carboxylic acids is 1. The molecule has 2 bridgehead atoms. The van der Waals surface area contributed by atoms with Gasteiger partial charge in [-0.3, -0.25) is 4.79 Å². The quantitative estimate of drug-likeness (QED) is 0.271. The molecule has 1 amide bonds. The monoisotopic (exact) mass is 595 g/mol. The highest BCUT2D eigenvalue weighted by molar-refractivity contribution is 7.75. The number of benzene rings is 2. The van der Waals surface area contributed by atoms with Crippen molar-refractivity contribution in [2.45, 2.75) is 58.1 Å². The van der Waals surface area contributed by atoms with Gasteiger partial charge in [-0.2, -0.15) is 10.6 Å². The Bertz CT molecular complexity index is 1370. The highest BCUT2D eigenvalue weighted by Gasteiger charge is 2.38. The average Bonchev–Trinajstić information content (AvgIpc) is 2.96. The summed E-state index contributed by atoms with van der Waals surface area (Å²) in [6.07, 6.45) is 11.9. The fourth-order valence-corrected chi connectivity index (χ4v) is 7.21. The Morgan fingerprint density at radius 2 is 2.07 bits per heavy atom. The summed E-state index contributed by atoms with van der Waals surface area (Å²) >= 11 is 6.42. The molecule has 0 saturated heterocycles. The summed E-state index contributed by atoms with van der Waals surface area (Å²) in [6.45, 7) is 8.44. The molecule has 8 heteroatoms. The summed E-state index contributed by atoms with van der Waals surface area (Å²) in [6, 6.07) is 11.7. The number of nitrogens with zero attached hydrogens (tertiary/aromatic N) is 2. The molecule has 5 rings (SSSR count). The van der Waals surface area contributed by atoms with Crippen molar-refractivity contribution in [2.75, 3.05) is 30.4 Å². The zero-order valence-electron chi connectivity index (χ0n) is 23.8. The maximum Gasteiger partial charge on any atom is 0.254 e. The molecule has 3 aliphatic rings. The third kappa shape index (κ3) is 7.62. The van der Waals surface area contributed by atoms with Gasteiger partial charge in [0.25, 0.3) is 5.91 Å². The van der Waals surface area contributed by atoms with Crippen molar-refractivity contribution >= 4 is 33.8 Å². The molecule has 4 atom stereocenters. The van der Waals surface area contributed by atoms with Gasteiger partial charge in [-0.25, -0.2) is 0 Å². The number of allylic oxidation sites excluding steroid dienone is 1. The van der Waals surface area contributed by atoms with Crippen LogP contribution in [0.3, 0.4) is 0 Å². The van der Waals surface area contributed by atoms with Gasteiger partial charge in [-0.05, 0) is 91.8 Å². The number of hydrogen-bond acceptors (Lipinski definition) is 6. The third-order valence-corrected chi connectivity index (χ3v) is 9.87. The van der Waals surface area contributed by atoms with Crippen molar-refractivity contribution in [3.63, 3.8) is 0 Å². The second-order valence-corrected chi connectivity index (χ2v) is 13.1. The van der Waals surface area contributed by atoms with Crippen LogP contribution < -0.4 is 9.64 Å². The molecule has 2 aromatic rings. The van der Waals surface area contributed by atoms with E-state index in [1.165, 1.54) is 11.1 Å². The standard InChI is InChI=1S/C33H40ClN2O4S/c1-3-16-39-31-9-6-7-23(2)22-41(38)35-33(37)25-12-15-32-30(19-25)36(21-27-11-14-29(27)31)20-26-10-13-28(34)18-24(26)8-4-5-17-40-32/h3,6,9-10,12-13,15,18-19,23,27,29,31H,1,4-5,7-8,11,14,16-17,20-22H2,2H3/q-1/b9-6+/t23-,27-,29+,31-/m0/s1. The van der Waals surface area contributed by atoms with Crippen LogP contribution in [-0.2, 0) is 32.5 Å². The van der Waals surface area contributed by atoms with Crippen molar-refractivity contribution in [2.24, 2.45) is 22.1 Å². The van der Waals surface area contributed by atoms with Crippen LogP contribution in [0.2, 0.25) is 5.02 Å². The Kier molecular flexibility index (Phi) is 10.2. The molecule has 0 unspecified atom stereocenters. The lowest BCUT2D eigenvalue weighted by Crippen LogP contribution is -2.43. The van der Waals surface area contributed by atoms with Crippen LogP contribution in [0.4, 0.5) is 5.69 Å². The summed E-state index contributed by atoms with van der Waals surface area (Å²) in [7, 11) is -1.61. The molecule has 0 N–H and O–H groups in total. The number of carbonyl (C=O) groups is 1. The molecular weight excluding hydrogens is 556 g/mol. The van der Waals surface area contributed by atoms with E-state index in [-0.39, 0.29) is 12.0 Å². The SMILES string of the molecule is C=CCO[C@H]1/C=C/C[C@H](C)C[S-](=O)=NC(=O)c2ccc3c(c2)N(Cc2ccc(Cl)cc2CCCCO3)C[C@@H]2CC[C@H]21. The second-order valence-electron chi connectivity index (χ2n) is 11.5. The fourth-order valence-electron chi connectivity index (χ4n) is 6.03. The smallest absolute Gasteiger partial charge is 0.254 e. The minimum atomic E-state index is -1.61. The van der Waals surface area contributed by atoms with Gasteiger partial charge in [0, 0.05) is 23.7 Å². The minimum absolute atomic E-state index is 0.0132. The molecule has 220 valence electrons. The largest absolute Gasteiger partial charge is 0.491 e. The normalized spacial score (nSPS) is 26.7. The second kappa shape index (κ2) is 14.0. The van der Waals surface area contributed by atoms with Crippen LogP contribution in [-0.4, -0.2) is 37.5 Å². The van der Waals surface area contributed by atoms with Gasteiger partial charge < -0.3 is 22.9 Å². The van der Waals surface area contributed by atoms with Crippen LogP contribution in [0, 0.1) is 17.8 Å². The molecule has 0 aromatic heterocycles. The highest BCUT2D eigenvalue weighted by Crippen LogP contribution is 2.42. The zero-order chi connectivity index (χ0) is 28.8. The number of halogens is 1. The first-order valence-electron chi connectivity index (χ1n) is 14.7. The topological polar surface area (TPSA) is 68.2 Å². The molecule has 1 fully saturated rings. The van der Waals surface area contributed by atoms with Crippen LogP contribution in [0.1, 0.15) is 60.5 Å². The van der Waals surface area contributed by atoms with E-state index < -0.39 is 16.5 Å². The van der Waals surface area contributed by atoms with E-state index in [0.717, 1.165) is 61.5 Å². The number of rotatable bonds is 3. The Balaban J connectivity index is 1.59. The molecule has 0 spiro atoms. The van der Waals surface area contributed by atoms with Gasteiger partial charge in [-0.1, -0.05) is 54.5 Å². The maximum absolute atomic E-state index is 13.2. The van der Waals surface area contributed by atoms with Crippen LogP contribution in [0.25, 0.3) is 0 Å². The summed E-state index contributed by atoms with van der Waals surface area (Å²) < 4.78 is 29.5. The molecule has 2 heterocycles. The van der Waals surface area contributed by atoms with Gasteiger partial charge >= 0.3 is 0 Å². The van der Waals surface area contributed by atoms with Gasteiger partial charge in [0.1, 0.15) is 5.75 Å². The molecular formula is C33H40ClN2O4S-. The predicted octanol–water partition coefficient (Wildman–Crippen LogP) is 7.54. The average molecular weight is 596 g/mol. The van der Waals surface area contributed by atoms with Crippen molar-refractivity contribution in [3.05, 3.63) is 82.9 Å². The Morgan fingerprint density at radius 1 is 1.20 bits per heavy atom. The summed E-state index contributed by atoms with van der Waals surface area (Å²) in [5, 5.41) is 0.744. The first-order chi connectivity index (χ1) is 19.9. The lowest BCUT2D eigenvalue weighted by Gasteiger charge is -2.44. The number of ether oxygens (including phenoxy) is 2. The Hall–Kier alpha value is -2.61. The van der Waals surface area contributed by atoms with E-state index in [2.05, 4.69) is 40.1 Å². The molecule has 0 radical (unpaired) electrons. The molecule has 1 aliphatic carbocycles. The van der Waals surface area contributed by atoms with Crippen molar-refractivity contribution < 1.29 is 18.5 Å².